The Balaban J connectivity index is 1.56. The molecule has 1 amide bonds. The fourth-order valence-electron chi connectivity index (χ4n) is 3.24. The summed E-state index contributed by atoms with van der Waals surface area (Å²) in [6.45, 7) is 2.02. The van der Waals surface area contributed by atoms with Crippen molar-refractivity contribution >= 4 is 17.1 Å². The van der Waals surface area contributed by atoms with Crippen molar-refractivity contribution in [2.75, 3.05) is 0 Å². The van der Waals surface area contributed by atoms with Gasteiger partial charge in [0.2, 0.25) is 5.91 Å². The Bertz CT molecular complexity index is 720. The van der Waals surface area contributed by atoms with Gasteiger partial charge in [0.1, 0.15) is 0 Å². The Morgan fingerprint density at radius 1 is 1.20 bits per heavy atom. The lowest BCUT2D eigenvalue weighted by molar-refractivity contribution is -0.122. The van der Waals surface area contributed by atoms with Crippen molar-refractivity contribution in [1.29, 1.82) is 0 Å². The number of primary amides is 1. The zero-order valence-corrected chi connectivity index (χ0v) is 15.1. The van der Waals surface area contributed by atoms with Crippen LogP contribution in [0.4, 0.5) is 0 Å². The van der Waals surface area contributed by atoms with E-state index >= 15 is 0 Å². The van der Waals surface area contributed by atoms with Gasteiger partial charge in [-0.25, -0.2) is 9.78 Å². The van der Waals surface area contributed by atoms with Crippen molar-refractivity contribution in [3.05, 3.63) is 28.4 Å². The minimum Gasteiger partial charge on any atom is -0.406 e. The first-order chi connectivity index (χ1) is 12.1. The van der Waals surface area contributed by atoms with Gasteiger partial charge in [-0.1, -0.05) is 45.4 Å². The van der Waals surface area contributed by atoms with Crippen LogP contribution in [0.15, 0.2) is 21.5 Å². The third kappa shape index (κ3) is 6.03. The Labute approximate surface area is 148 Å². The number of carbonyl (C=O) groups is 1. The summed E-state index contributed by atoms with van der Waals surface area (Å²) in [5.41, 5.74) is 7.52. The molecule has 1 unspecified atom stereocenters. The van der Waals surface area contributed by atoms with E-state index in [0.29, 0.717) is 11.2 Å². The zero-order chi connectivity index (χ0) is 18.1. The summed E-state index contributed by atoms with van der Waals surface area (Å²) >= 11 is 0. The number of aromatic amines is 1. The number of nitrogens with two attached hydrogens (primary N) is 1. The highest BCUT2D eigenvalue weighted by Crippen LogP contribution is 2.18. The minimum atomic E-state index is -0.448. The molecule has 0 aromatic carbocycles. The molecule has 0 spiro atoms. The molecule has 25 heavy (non-hydrogen) atoms. The molecule has 1 atom stereocenters. The van der Waals surface area contributed by atoms with Gasteiger partial charge in [0.25, 0.3) is 0 Å². The van der Waals surface area contributed by atoms with E-state index in [0.717, 1.165) is 44.1 Å². The number of pyridine rings is 1. The van der Waals surface area contributed by atoms with Crippen LogP contribution in [0, 0.1) is 5.92 Å². The van der Waals surface area contributed by atoms with Crippen LogP contribution in [0.1, 0.15) is 70.3 Å². The molecule has 0 saturated carbocycles. The number of rotatable bonds is 12. The highest BCUT2D eigenvalue weighted by Gasteiger charge is 2.11. The highest BCUT2D eigenvalue weighted by molar-refractivity contribution is 5.76. The SMILES string of the molecule is CCC(CCCCCCCCCc1ccnc2[nH]c(=O)oc12)C(N)=O. The van der Waals surface area contributed by atoms with E-state index in [4.69, 9.17) is 10.2 Å². The maximum atomic E-state index is 11.3. The molecule has 2 heterocycles. The maximum absolute atomic E-state index is 11.3. The van der Waals surface area contributed by atoms with Gasteiger partial charge < -0.3 is 10.2 Å². The number of unbranched alkanes of at least 4 members (excludes halogenated alkanes) is 6. The van der Waals surface area contributed by atoms with Crippen LogP contribution in [0.5, 0.6) is 0 Å². The van der Waals surface area contributed by atoms with E-state index in [9.17, 15) is 9.59 Å². The number of aromatic nitrogens is 2. The summed E-state index contributed by atoms with van der Waals surface area (Å²) in [5.74, 6) is -0.562. The van der Waals surface area contributed by atoms with Gasteiger partial charge in [-0.15, -0.1) is 0 Å². The molecule has 0 aliphatic heterocycles. The lowest BCUT2D eigenvalue weighted by Gasteiger charge is -2.09. The highest BCUT2D eigenvalue weighted by atomic mass is 16.4. The molecule has 3 N–H and O–H groups in total. The predicted octanol–water partition coefficient (Wildman–Crippen LogP) is 3.69. The van der Waals surface area contributed by atoms with Crippen molar-refractivity contribution in [2.24, 2.45) is 11.7 Å². The van der Waals surface area contributed by atoms with Crippen molar-refractivity contribution < 1.29 is 9.21 Å². The van der Waals surface area contributed by atoms with E-state index in [1.165, 1.54) is 25.7 Å². The fourth-order valence-corrected chi connectivity index (χ4v) is 3.24. The van der Waals surface area contributed by atoms with E-state index in [-0.39, 0.29) is 11.8 Å². The number of aryl methyl sites for hydroxylation is 1. The van der Waals surface area contributed by atoms with Crippen LogP contribution in [-0.2, 0) is 11.2 Å². The van der Waals surface area contributed by atoms with Crippen LogP contribution in [0.2, 0.25) is 0 Å². The quantitative estimate of drug-likeness (QED) is 0.572. The Morgan fingerprint density at radius 2 is 1.88 bits per heavy atom. The maximum Gasteiger partial charge on any atom is 0.418 e. The number of fused-ring (bicyclic) bond motifs is 1. The topological polar surface area (TPSA) is 102 Å². The molecule has 2 aromatic heterocycles. The first-order valence-electron chi connectivity index (χ1n) is 9.37. The molecule has 2 aromatic rings. The van der Waals surface area contributed by atoms with Gasteiger partial charge in [0.05, 0.1) is 0 Å². The monoisotopic (exact) mass is 347 g/mol. The van der Waals surface area contributed by atoms with Gasteiger partial charge in [-0.05, 0) is 31.7 Å². The smallest absolute Gasteiger partial charge is 0.406 e. The second kappa shape index (κ2) is 10.0. The minimum absolute atomic E-state index is 0.0469. The number of hydrogen-bond donors (Lipinski definition) is 2. The lowest BCUT2D eigenvalue weighted by atomic mass is 9.97. The van der Waals surface area contributed by atoms with Gasteiger partial charge in [0, 0.05) is 17.7 Å². The third-order valence-electron chi connectivity index (χ3n) is 4.80. The molecule has 0 radical (unpaired) electrons. The molecule has 6 nitrogen and oxygen atoms in total. The number of carbonyl (C=O) groups excluding carboxylic acids is 1. The molecule has 0 aliphatic carbocycles. The zero-order valence-electron chi connectivity index (χ0n) is 15.1. The summed E-state index contributed by atoms with van der Waals surface area (Å²) < 4.78 is 5.16. The van der Waals surface area contributed by atoms with E-state index < -0.39 is 5.76 Å². The molecular weight excluding hydrogens is 318 g/mol. The first-order valence-corrected chi connectivity index (χ1v) is 9.37. The Morgan fingerprint density at radius 3 is 2.56 bits per heavy atom. The average molecular weight is 347 g/mol. The van der Waals surface area contributed by atoms with Gasteiger partial charge in [0.15, 0.2) is 11.2 Å². The molecule has 6 heteroatoms. The molecule has 2 rings (SSSR count). The van der Waals surface area contributed by atoms with Crippen molar-refractivity contribution in [3.8, 4) is 0 Å². The van der Waals surface area contributed by atoms with Crippen LogP contribution < -0.4 is 11.5 Å². The van der Waals surface area contributed by atoms with E-state index in [1.54, 1.807) is 6.20 Å². The number of oxazole rings is 1. The second-order valence-electron chi connectivity index (χ2n) is 6.68. The second-order valence-corrected chi connectivity index (χ2v) is 6.68. The molecule has 0 saturated heterocycles. The molecule has 0 fully saturated rings. The van der Waals surface area contributed by atoms with Crippen molar-refractivity contribution in [3.63, 3.8) is 0 Å². The van der Waals surface area contributed by atoms with Crippen molar-refractivity contribution in [1.82, 2.24) is 9.97 Å². The molecule has 138 valence electrons. The van der Waals surface area contributed by atoms with Crippen LogP contribution in [-0.4, -0.2) is 15.9 Å². The Kier molecular flexibility index (Phi) is 7.70. The normalized spacial score (nSPS) is 12.5. The van der Waals surface area contributed by atoms with Crippen molar-refractivity contribution in [2.45, 2.75) is 71.1 Å². The van der Waals surface area contributed by atoms with Gasteiger partial charge in [-0.3, -0.25) is 9.78 Å². The summed E-state index contributed by atoms with van der Waals surface area (Å²) in [6, 6.07) is 1.92. The fraction of sp³-hybridized carbons (Fsp3) is 0.632. The molecule has 0 aliphatic rings. The molecular formula is C19H29N3O3. The number of H-pyrrole nitrogens is 1. The molecule has 0 bridgehead atoms. The number of nitrogens with zero attached hydrogens (tertiary/aromatic N) is 1. The lowest BCUT2D eigenvalue weighted by Crippen LogP contribution is -2.22. The van der Waals surface area contributed by atoms with E-state index in [1.807, 2.05) is 13.0 Å². The van der Waals surface area contributed by atoms with Crippen LogP contribution >= 0.6 is 0 Å². The Hall–Kier alpha value is -2.11. The van der Waals surface area contributed by atoms with Gasteiger partial charge in [-0.2, -0.15) is 0 Å². The summed E-state index contributed by atoms with van der Waals surface area (Å²) in [4.78, 5) is 29.1. The number of nitrogens with one attached hydrogen (secondary N) is 1. The van der Waals surface area contributed by atoms with Crippen LogP contribution in [0.25, 0.3) is 11.2 Å². The summed E-state index contributed by atoms with van der Waals surface area (Å²) in [6.07, 6.45) is 12.5. The summed E-state index contributed by atoms with van der Waals surface area (Å²) in [5, 5.41) is 0. The third-order valence-corrected chi connectivity index (χ3v) is 4.80. The summed E-state index contributed by atoms with van der Waals surface area (Å²) in [7, 11) is 0. The van der Waals surface area contributed by atoms with E-state index in [2.05, 4.69) is 9.97 Å². The van der Waals surface area contributed by atoms with Crippen LogP contribution in [0.3, 0.4) is 0 Å². The largest absolute Gasteiger partial charge is 0.418 e. The number of hydrogen-bond acceptors (Lipinski definition) is 4. The average Bonchev–Trinajstić information content (AvgIpc) is 2.97. The predicted molar refractivity (Wildman–Crippen MR) is 98.2 cm³/mol. The van der Waals surface area contributed by atoms with Gasteiger partial charge >= 0.3 is 5.76 Å². The first kappa shape index (κ1) is 19.2. The standard InChI is InChI=1S/C19H29N3O3/c1-2-14(17(20)23)10-8-6-4-3-5-7-9-11-15-12-13-21-18-16(15)25-19(24)22-18/h12-14H,2-11H2,1H3,(H2,20,23)(H,21,22,24). The number of amides is 1.